The van der Waals surface area contributed by atoms with Gasteiger partial charge in [0.1, 0.15) is 0 Å². The number of para-hydroxylation sites is 1. The van der Waals surface area contributed by atoms with E-state index in [1.807, 2.05) is 0 Å². The first kappa shape index (κ1) is 15.9. The van der Waals surface area contributed by atoms with Gasteiger partial charge in [0.25, 0.3) is 15.9 Å². The maximum atomic E-state index is 12.8. The number of carbonyl (C=O) groups excluding carboxylic acids is 1. The number of aromatic nitrogens is 2. The number of ether oxygens (including phenoxy) is 2. The predicted molar refractivity (Wildman–Crippen MR) is 85.8 cm³/mol. The first-order valence-electron chi connectivity index (χ1n) is 7.75. The van der Waals surface area contributed by atoms with E-state index in [4.69, 9.17) is 9.47 Å². The minimum atomic E-state index is -3.61. The largest absolute Gasteiger partial charge is 0.454 e. The SMILES string of the molecule is O=C(c1cccc2c1OCO2)N1CCN(S(=O)(=O)c2ccn[nH]2)CC1. The van der Waals surface area contributed by atoms with E-state index in [2.05, 4.69) is 10.2 Å². The van der Waals surface area contributed by atoms with Gasteiger partial charge in [-0.25, -0.2) is 8.42 Å². The van der Waals surface area contributed by atoms with Crippen LogP contribution in [0.5, 0.6) is 11.5 Å². The predicted octanol–water partition coefficient (Wildman–Crippen LogP) is 0.285. The third-order valence-electron chi connectivity index (χ3n) is 4.25. The molecule has 0 atom stereocenters. The van der Waals surface area contributed by atoms with E-state index >= 15 is 0 Å². The number of nitrogens with zero attached hydrogens (tertiary/aromatic N) is 3. The van der Waals surface area contributed by atoms with Gasteiger partial charge in [-0.2, -0.15) is 9.40 Å². The number of H-pyrrole nitrogens is 1. The highest BCUT2D eigenvalue weighted by Crippen LogP contribution is 2.36. The lowest BCUT2D eigenvalue weighted by Gasteiger charge is -2.33. The van der Waals surface area contributed by atoms with Crippen molar-refractivity contribution in [2.75, 3.05) is 33.0 Å². The van der Waals surface area contributed by atoms with Crippen LogP contribution in [0.3, 0.4) is 0 Å². The smallest absolute Gasteiger partial charge is 0.260 e. The highest BCUT2D eigenvalue weighted by Gasteiger charge is 2.32. The van der Waals surface area contributed by atoms with Gasteiger partial charge >= 0.3 is 0 Å². The third-order valence-corrected chi connectivity index (χ3v) is 6.07. The van der Waals surface area contributed by atoms with Crippen LogP contribution in [0.15, 0.2) is 35.5 Å². The molecule has 0 bridgehead atoms. The quantitative estimate of drug-likeness (QED) is 0.839. The highest BCUT2D eigenvalue weighted by molar-refractivity contribution is 7.89. The van der Waals surface area contributed by atoms with Crippen LogP contribution in [0, 0.1) is 0 Å². The first-order valence-corrected chi connectivity index (χ1v) is 9.19. The maximum Gasteiger partial charge on any atom is 0.260 e. The van der Waals surface area contributed by atoms with Crippen molar-refractivity contribution < 1.29 is 22.7 Å². The number of aromatic amines is 1. The van der Waals surface area contributed by atoms with Crippen LogP contribution in [0.4, 0.5) is 0 Å². The van der Waals surface area contributed by atoms with Gasteiger partial charge in [-0.3, -0.25) is 9.89 Å². The van der Waals surface area contributed by atoms with Gasteiger partial charge in [-0.05, 0) is 18.2 Å². The van der Waals surface area contributed by atoms with Crippen molar-refractivity contribution >= 4 is 15.9 Å². The Balaban J connectivity index is 1.48. The van der Waals surface area contributed by atoms with E-state index in [1.54, 1.807) is 23.1 Å². The molecule has 25 heavy (non-hydrogen) atoms. The highest BCUT2D eigenvalue weighted by atomic mass is 32.2. The molecule has 4 rings (SSSR count). The Morgan fingerprint density at radius 3 is 2.64 bits per heavy atom. The van der Waals surface area contributed by atoms with Gasteiger partial charge < -0.3 is 14.4 Å². The zero-order chi connectivity index (χ0) is 17.4. The van der Waals surface area contributed by atoms with Crippen molar-refractivity contribution in [2.24, 2.45) is 0 Å². The summed E-state index contributed by atoms with van der Waals surface area (Å²) in [4.78, 5) is 14.4. The molecule has 1 saturated heterocycles. The molecule has 2 aromatic rings. The monoisotopic (exact) mass is 364 g/mol. The van der Waals surface area contributed by atoms with E-state index in [-0.39, 0.29) is 30.8 Å². The lowest BCUT2D eigenvalue weighted by atomic mass is 10.1. The topological polar surface area (TPSA) is 105 Å². The van der Waals surface area contributed by atoms with Crippen LogP contribution in [0.1, 0.15) is 10.4 Å². The minimum absolute atomic E-state index is 0.0544. The second-order valence-corrected chi connectivity index (χ2v) is 7.56. The molecular formula is C15H16N4O5S. The Hall–Kier alpha value is -2.59. The van der Waals surface area contributed by atoms with Crippen LogP contribution >= 0.6 is 0 Å². The molecule has 9 nitrogen and oxygen atoms in total. The number of rotatable bonds is 3. The molecule has 2 aliphatic rings. The van der Waals surface area contributed by atoms with E-state index in [9.17, 15) is 13.2 Å². The number of fused-ring (bicyclic) bond motifs is 1. The molecule has 1 amide bonds. The summed E-state index contributed by atoms with van der Waals surface area (Å²) in [5.41, 5.74) is 0.430. The molecule has 0 unspecified atom stereocenters. The van der Waals surface area contributed by atoms with Gasteiger partial charge in [0, 0.05) is 26.2 Å². The van der Waals surface area contributed by atoms with Gasteiger partial charge in [0.2, 0.25) is 6.79 Å². The number of benzene rings is 1. The Labute approximate surface area is 144 Å². The van der Waals surface area contributed by atoms with Crippen molar-refractivity contribution in [1.82, 2.24) is 19.4 Å². The van der Waals surface area contributed by atoms with Crippen molar-refractivity contribution in [3.63, 3.8) is 0 Å². The second kappa shape index (κ2) is 6.05. The van der Waals surface area contributed by atoms with Crippen molar-refractivity contribution in [3.8, 4) is 11.5 Å². The third kappa shape index (κ3) is 2.72. The molecule has 0 aliphatic carbocycles. The van der Waals surface area contributed by atoms with Gasteiger partial charge in [-0.1, -0.05) is 6.07 Å². The number of carbonyl (C=O) groups is 1. The molecule has 10 heteroatoms. The number of sulfonamides is 1. The van der Waals surface area contributed by atoms with Crippen LogP contribution < -0.4 is 9.47 Å². The lowest BCUT2D eigenvalue weighted by molar-refractivity contribution is 0.0693. The minimum Gasteiger partial charge on any atom is -0.454 e. The summed E-state index contributed by atoms with van der Waals surface area (Å²) in [6.45, 7) is 1.14. The zero-order valence-corrected chi connectivity index (χ0v) is 14.0. The Morgan fingerprint density at radius 2 is 1.92 bits per heavy atom. The van der Waals surface area contributed by atoms with Crippen molar-refractivity contribution in [2.45, 2.75) is 5.03 Å². The maximum absolute atomic E-state index is 12.8. The van der Waals surface area contributed by atoms with Crippen molar-refractivity contribution in [1.29, 1.82) is 0 Å². The molecule has 1 aromatic carbocycles. The van der Waals surface area contributed by atoms with E-state index < -0.39 is 10.0 Å². The average Bonchev–Trinajstić information content (AvgIpc) is 3.32. The number of piperazine rings is 1. The van der Waals surface area contributed by atoms with Gasteiger partial charge in [0.15, 0.2) is 16.5 Å². The number of hydrogen-bond acceptors (Lipinski definition) is 6. The van der Waals surface area contributed by atoms with Crippen LogP contribution in [0.25, 0.3) is 0 Å². The summed E-state index contributed by atoms with van der Waals surface area (Å²) in [5, 5.41) is 6.20. The molecule has 1 fully saturated rings. The summed E-state index contributed by atoms with van der Waals surface area (Å²) < 4.78 is 36.9. The molecule has 1 aromatic heterocycles. The van der Waals surface area contributed by atoms with Crippen LogP contribution in [-0.4, -0.2) is 66.7 Å². The fraction of sp³-hybridized carbons (Fsp3) is 0.333. The van der Waals surface area contributed by atoms with Crippen LogP contribution in [-0.2, 0) is 10.0 Å². The standard InChI is InChI=1S/C15H16N4O5S/c20-15(11-2-1-3-12-14(11)24-10-23-12)18-6-8-19(9-7-18)25(21,22)13-4-5-16-17-13/h1-5H,6-10H2,(H,16,17). The lowest BCUT2D eigenvalue weighted by Crippen LogP contribution is -2.50. The molecule has 132 valence electrons. The van der Waals surface area contributed by atoms with E-state index in [0.717, 1.165) is 0 Å². The zero-order valence-electron chi connectivity index (χ0n) is 13.2. The van der Waals surface area contributed by atoms with Crippen LogP contribution in [0.2, 0.25) is 0 Å². The molecular weight excluding hydrogens is 348 g/mol. The number of hydrogen-bond donors (Lipinski definition) is 1. The number of amides is 1. The Morgan fingerprint density at radius 1 is 1.12 bits per heavy atom. The summed E-state index contributed by atoms with van der Waals surface area (Å²) in [6.07, 6.45) is 1.39. The average molecular weight is 364 g/mol. The fourth-order valence-electron chi connectivity index (χ4n) is 2.93. The molecule has 0 spiro atoms. The summed E-state index contributed by atoms with van der Waals surface area (Å²) in [7, 11) is -3.61. The summed E-state index contributed by atoms with van der Waals surface area (Å²) >= 11 is 0. The molecule has 3 heterocycles. The van der Waals surface area contributed by atoms with E-state index in [0.29, 0.717) is 30.2 Å². The van der Waals surface area contributed by atoms with Crippen molar-refractivity contribution in [3.05, 3.63) is 36.0 Å². The summed E-state index contributed by atoms with van der Waals surface area (Å²) in [6, 6.07) is 6.58. The van der Waals surface area contributed by atoms with Gasteiger partial charge in [-0.15, -0.1) is 0 Å². The molecule has 0 radical (unpaired) electrons. The Bertz CT molecular complexity index is 889. The fourth-order valence-corrected chi connectivity index (χ4v) is 4.25. The first-order chi connectivity index (χ1) is 12.1. The number of nitrogens with one attached hydrogen (secondary N) is 1. The molecule has 0 saturated carbocycles. The Kier molecular flexibility index (Phi) is 3.85. The normalized spacial score (nSPS) is 17.7. The van der Waals surface area contributed by atoms with E-state index in [1.165, 1.54) is 16.6 Å². The molecule has 2 aliphatic heterocycles. The second-order valence-electron chi connectivity index (χ2n) is 5.66. The van der Waals surface area contributed by atoms with Gasteiger partial charge in [0.05, 0.1) is 11.8 Å². The molecule has 1 N–H and O–H groups in total. The summed E-state index contributed by atoms with van der Waals surface area (Å²) in [5.74, 6) is 0.798.